The molecule has 0 unspecified atom stereocenters. The van der Waals surface area contributed by atoms with E-state index in [1.807, 2.05) is 30.5 Å². The van der Waals surface area contributed by atoms with Gasteiger partial charge < -0.3 is 0 Å². The number of nitrogens with zero attached hydrogens (tertiary/aromatic N) is 5. The first-order valence-electron chi connectivity index (χ1n) is 9.30. The molecule has 4 heterocycles. The first-order chi connectivity index (χ1) is 13.2. The van der Waals surface area contributed by atoms with E-state index in [-0.39, 0.29) is 5.41 Å². The van der Waals surface area contributed by atoms with Gasteiger partial charge in [-0.25, -0.2) is 0 Å². The van der Waals surface area contributed by atoms with Gasteiger partial charge in [-0.05, 0) is 11.6 Å². The molecule has 2 aromatic carbocycles. The van der Waals surface area contributed by atoms with Crippen molar-refractivity contribution in [3.8, 4) is 0 Å². The first kappa shape index (κ1) is 17.3. The molecule has 0 aromatic heterocycles. The Kier molecular flexibility index (Phi) is 4.44. The third-order valence-electron chi connectivity index (χ3n) is 5.59. The van der Waals surface area contributed by atoms with Gasteiger partial charge in [-0.15, -0.1) is 0 Å². The molecule has 2 aromatic rings. The van der Waals surface area contributed by atoms with Crippen LogP contribution in [0.5, 0.6) is 0 Å². The molecule has 0 radical (unpaired) electrons. The van der Waals surface area contributed by atoms with E-state index in [1.165, 1.54) is 5.56 Å². The quantitative estimate of drug-likeness (QED) is 0.559. The van der Waals surface area contributed by atoms with E-state index in [9.17, 15) is 0 Å². The summed E-state index contributed by atoms with van der Waals surface area (Å²) < 4.78 is 1.03. The molecule has 4 fully saturated rings. The summed E-state index contributed by atoms with van der Waals surface area (Å²) in [6.07, 6.45) is 1.84. The van der Waals surface area contributed by atoms with E-state index in [0.29, 0.717) is 0 Å². The van der Waals surface area contributed by atoms with Crippen molar-refractivity contribution in [1.82, 2.24) is 14.7 Å². The van der Waals surface area contributed by atoms with Crippen LogP contribution in [0.15, 0.2) is 69.3 Å². The van der Waals surface area contributed by atoms with E-state index in [4.69, 9.17) is 5.10 Å². The fourth-order valence-electron chi connectivity index (χ4n) is 4.74. The molecule has 4 bridgehead atoms. The summed E-state index contributed by atoms with van der Waals surface area (Å²) in [5, 5.41) is 9.32. The van der Waals surface area contributed by atoms with Crippen LogP contribution in [0.2, 0.25) is 0 Å². The average molecular weight is 424 g/mol. The fourth-order valence-corrected chi connectivity index (χ4v) is 5.12. The maximum absolute atomic E-state index is 4.81. The van der Waals surface area contributed by atoms with Crippen LogP contribution in [0.1, 0.15) is 11.1 Å². The minimum Gasteiger partial charge on any atom is -0.276 e. The Morgan fingerprint density at radius 2 is 1.44 bits per heavy atom. The molecule has 0 amide bonds. The lowest BCUT2D eigenvalue weighted by atomic mass is 9.74. The monoisotopic (exact) mass is 423 g/mol. The number of hydrogen-bond donors (Lipinski definition) is 0. The zero-order valence-corrected chi connectivity index (χ0v) is 16.7. The van der Waals surface area contributed by atoms with Crippen LogP contribution in [0.25, 0.3) is 0 Å². The van der Waals surface area contributed by atoms with Gasteiger partial charge in [0, 0.05) is 29.7 Å². The third-order valence-corrected chi connectivity index (χ3v) is 6.31. The molecule has 4 aliphatic rings. The number of halogens is 1. The summed E-state index contributed by atoms with van der Waals surface area (Å²) in [6.45, 7) is 6.37. The second kappa shape index (κ2) is 6.95. The second-order valence-corrected chi connectivity index (χ2v) is 8.63. The van der Waals surface area contributed by atoms with Crippen LogP contribution in [0.3, 0.4) is 0 Å². The lowest BCUT2D eigenvalue weighted by Crippen LogP contribution is -2.74. The highest BCUT2D eigenvalue weighted by Gasteiger charge is 2.51. The smallest absolute Gasteiger partial charge is 0.0802 e. The molecule has 5 nitrogen and oxygen atoms in total. The van der Waals surface area contributed by atoms with Crippen molar-refractivity contribution >= 4 is 27.9 Å². The van der Waals surface area contributed by atoms with Crippen molar-refractivity contribution in [2.24, 2.45) is 15.6 Å². The molecule has 0 saturated carbocycles. The summed E-state index contributed by atoms with van der Waals surface area (Å²) in [5.74, 6) is 0. The zero-order valence-electron chi connectivity index (χ0n) is 15.1. The van der Waals surface area contributed by atoms with Gasteiger partial charge in [-0.1, -0.05) is 64.5 Å². The zero-order chi connectivity index (χ0) is 18.3. The Bertz CT molecular complexity index is 857. The van der Waals surface area contributed by atoms with Crippen LogP contribution in [0, 0.1) is 5.41 Å². The second-order valence-electron chi connectivity index (χ2n) is 7.77. The summed E-state index contributed by atoms with van der Waals surface area (Å²) in [7, 11) is 0. The molecule has 6 heteroatoms. The molecule has 4 saturated heterocycles. The highest BCUT2D eigenvalue weighted by atomic mass is 79.9. The van der Waals surface area contributed by atoms with Crippen LogP contribution >= 0.6 is 15.9 Å². The highest BCUT2D eigenvalue weighted by Crippen LogP contribution is 2.38. The summed E-state index contributed by atoms with van der Waals surface area (Å²) >= 11 is 3.58. The highest BCUT2D eigenvalue weighted by molar-refractivity contribution is 9.10. The molecule has 27 heavy (non-hydrogen) atoms. The van der Waals surface area contributed by atoms with Crippen LogP contribution < -0.4 is 0 Å². The Labute approximate surface area is 168 Å². The first-order valence-corrected chi connectivity index (χ1v) is 10.1. The minimum atomic E-state index is 0.0152. The van der Waals surface area contributed by atoms with E-state index in [1.54, 1.807) is 0 Å². The van der Waals surface area contributed by atoms with E-state index in [2.05, 4.69) is 66.1 Å². The number of benzene rings is 2. The molecule has 6 rings (SSSR count). The minimum absolute atomic E-state index is 0.0152. The van der Waals surface area contributed by atoms with Gasteiger partial charge in [0.2, 0.25) is 0 Å². The van der Waals surface area contributed by atoms with Crippen molar-refractivity contribution in [2.75, 3.05) is 39.6 Å². The van der Waals surface area contributed by atoms with Gasteiger partial charge in [0.15, 0.2) is 0 Å². The lowest BCUT2D eigenvalue weighted by Gasteiger charge is -2.60. The Balaban J connectivity index is 1.53. The van der Waals surface area contributed by atoms with E-state index in [0.717, 1.165) is 55.4 Å². The summed E-state index contributed by atoms with van der Waals surface area (Å²) in [6, 6.07) is 18.6. The van der Waals surface area contributed by atoms with Crippen molar-refractivity contribution in [2.45, 2.75) is 0 Å². The summed E-state index contributed by atoms with van der Waals surface area (Å²) in [4.78, 5) is 7.56. The van der Waals surface area contributed by atoms with Crippen LogP contribution in [-0.2, 0) is 0 Å². The molecule has 0 N–H and O–H groups in total. The maximum Gasteiger partial charge on any atom is 0.0802 e. The predicted molar refractivity (Wildman–Crippen MR) is 112 cm³/mol. The predicted octanol–water partition coefficient (Wildman–Crippen LogP) is 3.08. The van der Waals surface area contributed by atoms with Crippen LogP contribution in [0.4, 0.5) is 0 Å². The largest absolute Gasteiger partial charge is 0.276 e. The number of rotatable bonds is 4. The van der Waals surface area contributed by atoms with Gasteiger partial charge in [-0.2, -0.15) is 10.2 Å². The van der Waals surface area contributed by atoms with Gasteiger partial charge in [-0.3, -0.25) is 14.7 Å². The lowest BCUT2D eigenvalue weighted by molar-refractivity contribution is -0.149. The Morgan fingerprint density at radius 1 is 0.852 bits per heavy atom. The van der Waals surface area contributed by atoms with Crippen molar-refractivity contribution < 1.29 is 0 Å². The van der Waals surface area contributed by atoms with Crippen molar-refractivity contribution in [3.05, 3.63) is 70.2 Å². The van der Waals surface area contributed by atoms with E-state index < -0.39 is 0 Å². The van der Waals surface area contributed by atoms with E-state index >= 15 is 0 Å². The molecular weight excluding hydrogens is 402 g/mol. The van der Waals surface area contributed by atoms with Crippen molar-refractivity contribution in [1.29, 1.82) is 0 Å². The Morgan fingerprint density at radius 3 is 2.07 bits per heavy atom. The molecule has 0 spiro atoms. The van der Waals surface area contributed by atoms with Gasteiger partial charge in [0.05, 0.1) is 37.3 Å². The SMILES string of the molecule is Brc1ccccc1/C=N/N=C(/c1ccccc1)C12CN3CN(CN(C3)C1)C2. The molecule has 138 valence electrons. The molecule has 0 atom stereocenters. The van der Waals surface area contributed by atoms with Crippen molar-refractivity contribution in [3.63, 3.8) is 0 Å². The summed E-state index contributed by atoms with van der Waals surface area (Å²) in [5.41, 5.74) is 3.33. The van der Waals surface area contributed by atoms with Gasteiger partial charge >= 0.3 is 0 Å². The molecule has 4 aliphatic heterocycles. The number of hydrogen-bond acceptors (Lipinski definition) is 5. The molecular formula is C21H22BrN5. The maximum atomic E-state index is 4.81. The van der Waals surface area contributed by atoms with Gasteiger partial charge in [0.1, 0.15) is 0 Å². The van der Waals surface area contributed by atoms with Gasteiger partial charge in [0.25, 0.3) is 0 Å². The Hall–Kier alpha value is -1.86. The third kappa shape index (κ3) is 3.27. The van der Waals surface area contributed by atoms with Crippen LogP contribution in [-0.4, -0.2) is 66.3 Å². The topological polar surface area (TPSA) is 34.4 Å². The standard InChI is InChI=1S/C21H22BrN5/c22-19-9-5-4-8-18(19)10-23-24-20(17-6-2-1-3-7-17)21-11-25-14-26(12-21)16-27(13-21)15-25/h1-10H,11-16H2/b23-10+,24-20-. The normalized spacial score (nSPS) is 32.3. The fraction of sp³-hybridized carbons (Fsp3) is 0.333. The average Bonchev–Trinajstić information content (AvgIpc) is 2.66. The molecule has 0 aliphatic carbocycles.